The Kier molecular flexibility index (Phi) is 16.3. The normalized spacial score (nSPS) is 7.07. The van der Waals surface area contributed by atoms with Crippen LogP contribution < -0.4 is 24.8 Å². The SMILES string of the molecule is Cc1[c-]cc(C)[nH]1.[Cl-].[Cl-].[Ti+4].c1cc[cH-]c1. The van der Waals surface area contributed by atoms with Gasteiger partial charge in [0.05, 0.1) is 0 Å². The monoisotopic (exact) mass is 277 g/mol. The van der Waals surface area contributed by atoms with Crippen LogP contribution in [0, 0.1) is 19.9 Å². The molecule has 0 radical (unpaired) electrons. The fourth-order valence-electron chi connectivity index (χ4n) is 0.905. The molecule has 0 saturated carbocycles. The van der Waals surface area contributed by atoms with E-state index in [1.165, 1.54) is 5.69 Å². The Morgan fingerprint density at radius 1 is 1.13 bits per heavy atom. The van der Waals surface area contributed by atoms with Crippen LogP contribution in [-0.4, -0.2) is 4.98 Å². The fraction of sp³-hybridized carbons (Fsp3) is 0.182. The second-order valence-corrected chi connectivity index (χ2v) is 2.68. The molecule has 15 heavy (non-hydrogen) atoms. The van der Waals surface area contributed by atoms with E-state index in [4.69, 9.17) is 0 Å². The summed E-state index contributed by atoms with van der Waals surface area (Å²) in [5, 5.41) is 0. The molecule has 2 rings (SSSR count). The summed E-state index contributed by atoms with van der Waals surface area (Å²) in [7, 11) is 0. The zero-order valence-corrected chi connectivity index (χ0v) is 11.8. The van der Waals surface area contributed by atoms with Gasteiger partial charge in [-0.1, -0.05) is 12.6 Å². The van der Waals surface area contributed by atoms with Crippen molar-refractivity contribution in [3.63, 3.8) is 0 Å². The zero-order valence-electron chi connectivity index (χ0n) is 8.72. The number of aromatic nitrogens is 1. The molecule has 1 aromatic carbocycles. The summed E-state index contributed by atoms with van der Waals surface area (Å²) in [6.07, 6.45) is 0. The standard InChI is InChI=1S/C6H8N.C5H5.2ClH.Ti/c1-5-3-4-6(2)7-5;1-2-4-5-3-1;;;/h3,7H,1-2H3;1-5H;2*1H;/q2*-1;;;+4/p-2. The van der Waals surface area contributed by atoms with E-state index in [0.717, 1.165) is 5.69 Å². The molecule has 0 saturated heterocycles. The second kappa shape index (κ2) is 12.0. The molecular weight excluding hydrogens is 265 g/mol. The fourth-order valence-corrected chi connectivity index (χ4v) is 0.905. The van der Waals surface area contributed by atoms with E-state index in [-0.39, 0.29) is 46.5 Å². The van der Waals surface area contributed by atoms with Gasteiger partial charge < -0.3 is 29.8 Å². The Bertz CT molecular complexity index is 270. The summed E-state index contributed by atoms with van der Waals surface area (Å²) < 4.78 is 0. The van der Waals surface area contributed by atoms with Gasteiger partial charge in [0.25, 0.3) is 0 Å². The molecule has 0 aliphatic carbocycles. The third kappa shape index (κ3) is 10.2. The Labute approximate surface area is 119 Å². The molecule has 0 spiro atoms. The minimum Gasteiger partial charge on any atom is -1.00 e. The molecule has 1 N–H and O–H groups in total. The van der Waals surface area contributed by atoms with Crippen molar-refractivity contribution >= 4 is 0 Å². The molecule has 0 aliphatic rings. The first kappa shape index (κ1) is 20.4. The van der Waals surface area contributed by atoms with Gasteiger partial charge in [-0.2, -0.15) is 18.2 Å². The summed E-state index contributed by atoms with van der Waals surface area (Å²) in [6.45, 7) is 4.01. The largest absolute Gasteiger partial charge is 4.00 e. The molecule has 0 aliphatic heterocycles. The number of aryl methyl sites for hydroxylation is 2. The topological polar surface area (TPSA) is 15.8 Å². The van der Waals surface area contributed by atoms with Gasteiger partial charge in [-0.15, -0.1) is 5.69 Å². The van der Waals surface area contributed by atoms with E-state index in [1.807, 2.05) is 50.2 Å². The van der Waals surface area contributed by atoms with Gasteiger partial charge in [-0.05, 0) is 6.92 Å². The molecule has 0 fully saturated rings. The van der Waals surface area contributed by atoms with Crippen LogP contribution in [-0.2, 0) is 21.7 Å². The molecule has 2 aromatic rings. The zero-order chi connectivity index (χ0) is 8.81. The Hall–Kier alpha value is -0.0757. The molecule has 0 bridgehead atoms. The van der Waals surface area contributed by atoms with Crippen molar-refractivity contribution in [2.45, 2.75) is 13.8 Å². The van der Waals surface area contributed by atoms with Crippen molar-refractivity contribution in [3.8, 4) is 0 Å². The summed E-state index contributed by atoms with van der Waals surface area (Å²) >= 11 is 0. The number of nitrogens with one attached hydrogen (secondary N) is 1. The maximum absolute atomic E-state index is 3.08. The molecule has 0 amide bonds. The Balaban J connectivity index is -0.000000165. The minimum atomic E-state index is 0. The van der Waals surface area contributed by atoms with Gasteiger partial charge in [-0.3, -0.25) is 0 Å². The molecule has 4 heteroatoms. The number of rotatable bonds is 0. The van der Waals surface area contributed by atoms with Crippen LogP contribution in [0.4, 0.5) is 0 Å². The Morgan fingerprint density at radius 2 is 1.67 bits per heavy atom. The third-order valence-electron chi connectivity index (χ3n) is 1.45. The van der Waals surface area contributed by atoms with Gasteiger partial charge in [0.2, 0.25) is 0 Å². The van der Waals surface area contributed by atoms with Crippen molar-refractivity contribution in [3.05, 3.63) is 53.9 Å². The average Bonchev–Trinajstić information content (AvgIpc) is 2.63. The Morgan fingerprint density at radius 3 is 1.80 bits per heavy atom. The summed E-state index contributed by atoms with van der Waals surface area (Å²) in [6, 6.07) is 15.0. The molecule has 1 nitrogen and oxygen atoms in total. The van der Waals surface area contributed by atoms with Gasteiger partial charge >= 0.3 is 21.7 Å². The van der Waals surface area contributed by atoms with E-state index in [9.17, 15) is 0 Å². The second-order valence-electron chi connectivity index (χ2n) is 2.68. The molecule has 80 valence electrons. The smallest absolute Gasteiger partial charge is 1.00 e. The number of hydrogen-bond donors (Lipinski definition) is 1. The first-order valence-electron chi connectivity index (χ1n) is 3.99. The first-order valence-corrected chi connectivity index (χ1v) is 3.99. The summed E-state index contributed by atoms with van der Waals surface area (Å²) in [4.78, 5) is 3.08. The van der Waals surface area contributed by atoms with E-state index >= 15 is 0 Å². The van der Waals surface area contributed by atoms with E-state index in [1.54, 1.807) is 0 Å². The van der Waals surface area contributed by atoms with Gasteiger partial charge in [0.15, 0.2) is 0 Å². The molecular formula is C11H13Cl2NTi. The quantitative estimate of drug-likeness (QED) is 0.387. The minimum absolute atomic E-state index is 0. The van der Waals surface area contributed by atoms with Crippen LogP contribution in [0.3, 0.4) is 0 Å². The van der Waals surface area contributed by atoms with Gasteiger partial charge in [-0.25, -0.2) is 24.3 Å². The maximum atomic E-state index is 3.08. The average molecular weight is 278 g/mol. The van der Waals surface area contributed by atoms with Gasteiger partial charge in [0, 0.05) is 0 Å². The van der Waals surface area contributed by atoms with Crippen molar-refractivity contribution in [1.29, 1.82) is 0 Å². The molecule has 0 unspecified atom stereocenters. The van der Waals surface area contributed by atoms with Crippen LogP contribution in [0.1, 0.15) is 11.4 Å². The maximum Gasteiger partial charge on any atom is 4.00 e. The van der Waals surface area contributed by atoms with Gasteiger partial charge in [0.1, 0.15) is 0 Å². The van der Waals surface area contributed by atoms with Crippen molar-refractivity contribution in [1.82, 2.24) is 4.98 Å². The van der Waals surface area contributed by atoms with Crippen LogP contribution in [0.5, 0.6) is 0 Å². The van der Waals surface area contributed by atoms with Crippen LogP contribution in [0.15, 0.2) is 36.4 Å². The van der Waals surface area contributed by atoms with Crippen molar-refractivity contribution < 1.29 is 46.5 Å². The number of H-pyrrole nitrogens is 1. The van der Waals surface area contributed by atoms with Crippen LogP contribution in [0.2, 0.25) is 0 Å². The van der Waals surface area contributed by atoms with Crippen molar-refractivity contribution in [2.75, 3.05) is 0 Å². The van der Waals surface area contributed by atoms with E-state index in [0.29, 0.717) is 0 Å². The molecule has 0 atom stereocenters. The number of aromatic amines is 1. The van der Waals surface area contributed by atoms with Crippen LogP contribution in [0.25, 0.3) is 0 Å². The van der Waals surface area contributed by atoms with Crippen molar-refractivity contribution in [2.24, 2.45) is 0 Å². The summed E-state index contributed by atoms with van der Waals surface area (Å²) in [5.41, 5.74) is 2.29. The number of halogens is 2. The molecule has 1 aromatic heterocycles. The van der Waals surface area contributed by atoms with E-state index < -0.39 is 0 Å². The first-order chi connectivity index (χ1) is 5.79. The third-order valence-corrected chi connectivity index (χ3v) is 1.45. The van der Waals surface area contributed by atoms with Crippen LogP contribution >= 0.6 is 0 Å². The number of hydrogen-bond acceptors (Lipinski definition) is 0. The predicted octanol–water partition coefficient (Wildman–Crippen LogP) is -3.16. The predicted molar refractivity (Wildman–Crippen MR) is 51.1 cm³/mol. The molecule has 1 heterocycles. The van der Waals surface area contributed by atoms with E-state index in [2.05, 4.69) is 11.1 Å². The summed E-state index contributed by atoms with van der Waals surface area (Å²) in [5.74, 6) is 0.